The van der Waals surface area contributed by atoms with Crippen LogP contribution >= 0.6 is 0 Å². The molecule has 5 rings (SSSR count). The summed E-state index contributed by atoms with van der Waals surface area (Å²) in [6.45, 7) is 1.76. The lowest BCUT2D eigenvalue weighted by molar-refractivity contribution is -0.122. The Hall–Kier alpha value is -3.23. The van der Waals surface area contributed by atoms with Crippen LogP contribution in [0, 0.1) is 6.92 Å². The molecule has 3 aromatic rings. The van der Waals surface area contributed by atoms with E-state index in [1.165, 1.54) is 15.9 Å². The third-order valence-corrected chi connectivity index (χ3v) is 7.86. The number of hydrogen-bond donors (Lipinski definition) is 1. The summed E-state index contributed by atoms with van der Waals surface area (Å²) < 4.78 is 27.8. The fraction of sp³-hybridized carbons (Fsp3) is 0.250. The fourth-order valence-corrected chi connectivity index (χ4v) is 5.87. The van der Waals surface area contributed by atoms with Gasteiger partial charge in [0.2, 0.25) is 15.9 Å². The van der Waals surface area contributed by atoms with Crippen LogP contribution in [0.4, 0.5) is 11.5 Å². The Kier molecular flexibility index (Phi) is 5.19. The third-order valence-electron chi connectivity index (χ3n) is 6.06. The summed E-state index contributed by atoms with van der Waals surface area (Å²) >= 11 is 0. The second kappa shape index (κ2) is 8.03. The zero-order valence-corrected chi connectivity index (χ0v) is 18.5. The molecule has 1 N–H and O–H groups in total. The van der Waals surface area contributed by atoms with E-state index in [2.05, 4.69) is 16.4 Å². The third kappa shape index (κ3) is 3.65. The molecule has 0 fully saturated rings. The number of pyridine rings is 1. The van der Waals surface area contributed by atoms with Crippen LogP contribution in [0.25, 0.3) is 0 Å². The molecule has 1 aromatic heterocycles. The first-order valence-corrected chi connectivity index (χ1v) is 12.0. The first-order valence-electron chi connectivity index (χ1n) is 10.6. The molecule has 1 amide bonds. The molecule has 2 heterocycles. The molecule has 32 heavy (non-hydrogen) atoms. The molecule has 1 aliphatic carbocycles. The van der Waals surface area contributed by atoms with Gasteiger partial charge in [-0.05, 0) is 55.2 Å². The molecule has 0 bridgehead atoms. The number of fused-ring (bicyclic) bond motifs is 2. The van der Waals surface area contributed by atoms with E-state index in [9.17, 15) is 13.2 Å². The van der Waals surface area contributed by atoms with Gasteiger partial charge in [-0.25, -0.2) is 13.4 Å². The number of nitrogens with one attached hydrogen (secondary N) is 1. The second-order valence-corrected chi connectivity index (χ2v) is 10.1. The van der Waals surface area contributed by atoms with Crippen molar-refractivity contribution in [2.24, 2.45) is 0 Å². The normalized spacial score (nSPS) is 19.3. The van der Waals surface area contributed by atoms with Crippen LogP contribution in [-0.2, 0) is 21.2 Å². The summed E-state index contributed by atoms with van der Waals surface area (Å²) in [5, 5.41) is 3.03. The van der Waals surface area contributed by atoms with Crippen molar-refractivity contribution in [2.75, 3.05) is 18.1 Å². The van der Waals surface area contributed by atoms with Gasteiger partial charge < -0.3 is 10.2 Å². The van der Waals surface area contributed by atoms with E-state index in [1.54, 1.807) is 12.3 Å². The number of carbonyl (C=O) groups excluding carboxylic acids is 1. The van der Waals surface area contributed by atoms with Gasteiger partial charge in [0.05, 0.1) is 19.3 Å². The molecule has 8 heteroatoms. The molecule has 0 saturated carbocycles. The highest BCUT2D eigenvalue weighted by Gasteiger charge is 2.38. The summed E-state index contributed by atoms with van der Waals surface area (Å²) in [5.41, 5.74) is 4.26. The number of amides is 1. The number of sulfonamides is 1. The van der Waals surface area contributed by atoms with Gasteiger partial charge in [-0.1, -0.05) is 42.0 Å². The molecular weight excluding hydrogens is 424 g/mol. The van der Waals surface area contributed by atoms with E-state index < -0.39 is 10.0 Å². The number of anilines is 2. The van der Waals surface area contributed by atoms with E-state index in [-0.39, 0.29) is 30.1 Å². The van der Waals surface area contributed by atoms with E-state index in [4.69, 9.17) is 0 Å². The summed E-state index contributed by atoms with van der Waals surface area (Å²) in [4.78, 5) is 19.2. The second-order valence-electron chi connectivity index (χ2n) is 8.20. The van der Waals surface area contributed by atoms with Crippen LogP contribution in [-0.4, -0.2) is 36.8 Å². The maximum Gasteiger partial charge on any atom is 0.248 e. The van der Waals surface area contributed by atoms with Crippen LogP contribution in [0.5, 0.6) is 0 Å². The standard InChI is InChI=1S/C24H24N4O3S/c1-17-8-11-19(12-9-17)28-16-27(32(30,31)22-7-4-14-25-24(22)28)15-23(29)26-21-13-10-18-5-2-3-6-20(18)21/h2-9,11-12,14,21H,10,13,15-16H2,1H3,(H,26,29)/t21-/m0/s1. The van der Waals surface area contributed by atoms with Gasteiger partial charge in [0, 0.05) is 11.9 Å². The molecule has 164 valence electrons. The summed E-state index contributed by atoms with van der Waals surface area (Å²) in [6, 6.07) is 18.9. The molecule has 7 nitrogen and oxygen atoms in total. The summed E-state index contributed by atoms with van der Waals surface area (Å²) in [5.74, 6) is 0.0594. The molecule has 1 aliphatic heterocycles. The van der Waals surface area contributed by atoms with Gasteiger partial charge in [-0.15, -0.1) is 0 Å². The Morgan fingerprint density at radius 3 is 2.69 bits per heavy atom. The van der Waals surface area contributed by atoms with Crippen LogP contribution < -0.4 is 10.2 Å². The van der Waals surface area contributed by atoms with Gasteiger partial charge in [-0.2, -0.15) is 4.31 Å². The Labute approximate surface area is 187 Å². The quantitative estimate of drug-likeness (QED) is 0.662. The lowest BCUT2D eigenvalue weighted by Crippen LogP contribution is -2.49. The van der Waals surface area contributed by atoms with E-state index in [1.807, 2.05) is 54.3 Å². The minimum absolute atomic E-state index is 0.0179. The number of hydrogen-bond acceptors (Lipinski definition) is 5. The fourth-order valence-electron chi connectivity index (χ4n) is 4.40. The number of benzene rings is 2. The van der Waals surface area contributed by atoms with E-state index in [0.717, 1.165) is 29.7 Å². The molecule has 0 saturated heterocycles. The topological polar surface area (TPSA) is 82.6 Å². The first-order chi connectivity index (χ1) is 15.4. The molecule has 2 aromatic carbocycles. The predicted molar refractivity (Wildman–Crippen MR) is 122 cm³/mol. The van der Waals surface area contributed by atoms with Gasteiger partial charge in [-0.3, -0.25) is 4.79 Å². The molecular formula is C24H24N4O3S. The minimum atomic E-state index is -3.85. The highest BCUT2D eigenvalue weighted by molar-refractivity contribution is 7.89. The average Bonchev–Trinajstić information content (AvgIpc) is 3.19. The Morgan fingerprint density at radius 1 is 1.09 bits per heavy atom. The lowest BCUT2D eigenvalue weighted by atomic mass is 10.1. The monoisotopic (exact) mass is 448 g/mol. The van der Waals surface area contributed by atoms with Crippen molar-refractivity contribution in [1.82, 2.24) is 14.6 Å². The van der Waals surface area contributed by atoms with Crippen molar-refractivity contribution < 1.29 is 13.2 Å². The summed E-state index contributed by atoms with van der Waals surface area (Å²) in [6.07, 6.45) is 3.30. The van der Waals surface area contributed by atoms with Crippen LogP contribution in [0.3, 0.4) is 0 Å². The predicted octanol–water partition coefficient (Wildman–Crippen LogP) is 3.29. The van der Waals surface area contributed by atoms with Gasteiger partial charge in [0.1, 0.15) is 4.90 Å². The maximum absolute atomic E-state index is 13.3. The molecule has 0 spiro atoms. The van der Waals surface area contributed by atoms with Crippen molar-refractivity contribution in [2.45, 2.75) is 30.7 Å². The smallest absolute Gasteiger partial charge is 0.248 e. The zero-order valence-electron chi connectivity index (χ0n) is 17.7. The van der Waals surface area contributed by atoms with E-state index in [0.29, 0.717) is 5.82 Å². The van der Waals surface area contributed by atoms with Crippen LogP contribution in [0.2, 0.25) is 0 Å². The van der Waals surface area contributed by atoms with Crippen LogP contribution in [0.1, 0.15) is 29.2 Å². The number of carbonyl (C=O) groups is 1. The average molecular weight is 449 g/mol. The van der Waals surface area contributed by atoms with Gasteiger partial charge >= 0.3 is 0 Å². The maximum atomic E-state index is 13.3. The first kappa shape index (κ1) is 20.7. The van der Waals surface area contributed by atoms with Crippen LogP contribution in [0.15, 0.2) is 71.8 Å². The Bertz CT molecular complexity index is 1270. The van der Waals surface area contributed by atoms with Crippen molar-refractivity contribution in [3.63, 3.8) is 0 Å². The highest BCUT2D eigenvalue weighted by atomic mass is 32.2. The van der Waals surface area contributed by atoms with E-state index >= 15 is 0 Å². The highest BCUT2D eigenvalue weighted by Crippen LogP contribution is 2.36. The molecule has 2 aliphatic rings. The van der Waals surface area contributed by atoms with Gasteiger partial charge in [0.25, 0.3) is 0 Å². The SMILES string of the molecule is Cc1ccc(N2CN(CC(=O)N[C@H]3CCc4ccccc43)S(=O)(=O)c3cccnc32)cc1. The van der Waals surface area contributed by atoms with Crippen molar-refractivity contribution in [3.8, 4) is 0 Å². The Balaban J connectivity index is 1.41. The van der Waals surface area contributed by atoms with Gasteiger partial charge in [0.15, 0.2) is 5.82 Å². The number of aromatic nitrogens is 1. The number of aryl methyl sites for hydroxylation is 2. The number of nitrogens with zero attached hydrogens (tertiary/aromatic N) is 3. The lowest BCUT2D eigenvalue weighted by Gasteiger charge is -2.36. The molecule has 0 radical (unpaired) electrons. The Morgan fingerprint density at radius 2 is 1.88 bits per heavy atom. The van der Waals surface area contributed by atoms with Crippen molar-refractivity contribution >= 4 is 27.4 Å². The largest absolute Gasteiger partial charge is 0.348 e. The van der Waals surface area contributed by atoms with Crippen molar-refractivity contribution in [3.05, 3.63) is 83.6 Å². The zero-order chi connectivity index (χ0) is 22.3. The molecule has 0 unspecified atom stereocenters. The summed E-state index contributed by atoms with van der Waals surface area (Å²) in [7, 11) is -3.85. The minimum Gasteiger partial charge on any atom is -0.348 e. The van der Waals surface area contributed by atoms with Crippen molar-refractivity contribution in [1.29, 1.82) is 0 Å². The number of rotatable bonds is 4. The molecule has 1 atom stereocenters.